The van der Waals surface area contributed by atoms with Crippen LogP contribution >= 0.6 is 22.6 Å². The third-order valence-electron chi connectivity index (χ3n) is 1.57. The van der Waals surface area contributed by atoms with Crippen LogP contribution in [-0.4, -0.2) is 5.91 Å². The molecule has 1 aromatic carbocycles. The quantitative estimate of drug-likeness (QED) is 0.513. The molecule has 0 unspecified atom stereocenters. The van der Waals surface area contributed by atoms with Gasteiger partial charge in [-0.15, -0.1) is 0 Å². The molecule has 14 heavy (non-hydrogen) atoms. The Kier molecular flexibility index (Phi) is 3.65. The fourth-order valence-electron chi connectivity index (χ4n) is 0.884. The molecule has 0 aromatic heterocycles. The Labute approximate surface area is 95.4 Å². The van der Waals surface area contributed by atoms with Gasteiger partial charge in [-0.25, -0.2) is 0 Å². The zero-order valence-corrected chi connectivity index (χ0v) is 9.36. The number of rotatable bonds is 2. The highest BCUT2D eigenvalue weighted by atomic mass is 127. The van der Waals surface area contributed by atoms with Crippen molar-refractivity contribution in [3.05, 3.63) is 39.0 Å². The van der Waals surface area contributed by atoms with E-state index >= 15 is 0 Å². The number of primary amides is 1. The summed E-state index contributed by atoms with van der Waals surface area (Å²) in [4.78, 5) is 10.7. The summed E-state index contributed by atoms with van der Waals surface area (Å²) in [7, 11) is 0. The molecule has 0 heterocycles. The van der Waals surface area contributed by atoms with Crippen LogP contribution in [0.1, 0.15) is 5.56 Å². The maximum absolute atomic E-state index is 10.7. The molecule has 0 aliphatic rings. The van der Waals surface area contributed by atoms with Gasteiger partial charge in [0.15, 0.2) is 0 Å². The first-order chi connectivity index (χ1) is 6.63. The summed E-state index contributed by atoms with van der Waals surface area (Å²) in [5, 5.41) is 8.59. The molecule has 0 saturated heterocycles. The van der Waals surface area contributed by atoms with Crippen molar-refractivity contribution in [3.8, 4) is 6.07 Å². The van der Waals surface area contributed by atoms with Crippen molar-refractivity contribution >= 4 is 34.6 Å². The van der Waals surface area contributed by atoms with Crippen molar-refractivity contribution in [1.29, 1.82) is 5.26 Å². The fraction of sp³-hybridized carbons (Fsp3) is 0. The minimum Gasteiger partial charge on any atom is -0.365 e. The first kappa shape index (κ1) is 10.7. The third kappa shape index (κ3) is 2.85. The van der Waals surface area contributed by atoms with Gasteiger partial charge >= 0.3 is 0 Å². The Morgan fingerprint density at radius 1 is 1.43 bits per heavy atom. The summed E-state index contributed by atoms with van der Waals surface area (Å²) in [6.45, 7) is 0. The number of nitriles is 1. The summed E-state index contributed by atoms with van der Waals surface area (Å²) in [6.07, 6.45) is 1.47. The van der Waals surface area contributed by atoms with Gasteiger partial charge in [0.25, 0.3) is 5.91 Å². The number of carbonyl (C=O) groups is 1. The molecule has 2 N–H and O–H groups in total. The molecule has 0 atom stereocenters. The first-order valence-corrected chi connectivity index (χ1v) is 4.88. The smallest absolute Gasteiger partial charge is 0.259 e. The Morgan fingerprint density at radius 2 is 2.00 bits per heavy atom. The lowest BCUT2D eigenvalue weighted by Crippen LogP contribution is -2.12. The molecule has 1 rings (SSSR count). The molecule has 0 fully saturated rings. The standard InChI is InChI=1S/C10H7IN2O/c11-9-3-1-7(2-4-9)5-8(6-12)10(13)14/h1-5H,(H2,13,14)/b8-5-. The minimum absolute atomic E-state index is 0.0359. The van der Waals surface area contributed by atoms with E-state index in [1.54, 1.807) is 6.07 Å². The molecule has 70 valence electrons. The topological polar surface area (TPSA) is 66.9 Å². The Bertz CT molecular complexity index is 415. The second-order valence-corrected chi connectivity index (χ2v) is 3.83. The Balaban J connectivity index is 3.03. The van der Waals surface area contributed by atoms with Gasteiger partial charge in [-0.05, 0) is 46.4 Å². The Hall–Kier alpha value is -1.35. The predicted octanol–water partition coefficient (Wildman–Crippen LogP) is 1.68. The number of nitrogens with two attached hydrogens (primary N) is 1. The molecule has 3 nitrogen and oxygen atoms in total. The minimum atomic E-state index is -0.703. The van der Waals surface area contributed by atoms with Gasteiger partial charge in [-0.2, -0.15) is 5.26 Å². The van der Waals surface area contributed by atoms with Crippen LogP contribution in [0, 0.1) is 14.9 Å². The van der Waals surface area contributed by atoms with Gasteiger partial charge in [-0.1, -0.05) is 12.1 Å². The summed E-state index contributed by atoms with van der Waals surface area (Å²) in [6, 6.07) is 9.17. The van der Waals surface area contributed by atoms with Crippen LogP contribution in [0.15, 0.2) is 29.8 Å². The molecule has 1 amide bonds. The highest BCUT2D eigenvalue weighted by Crippen LogP contribution is 2.10. The van der Waals surface area contributed by atoms with E-state index in [0.29, 0.717) is 0 Å². The highest BCUT2D eigenvalue weighted by molar-refractivity contribution is 14.1. The van der Waals surface area contributed by atoms with Crippen molar-refractivity contribution in [2.75, 3.05) is 0 Å². The van der Waals surface area contributed by atoms with Gasteiger partial charge < -0.3 is 5.73 Å². The molecule has 0 aliphatic carbocycles. The third-order valence-corrected chi connectivity index (χ3v) is 2.29. The molecule has 0 bridgehead atoms. The van der Waals surface area contributed by atoms with Crippen LogP contribution in [-0.2, 0) is 4.79 Å². The van der Waals surface area contributed by atoms with Crippen molar-refractivity contribution in [3.63, 3.8) is 0 Å². The molecule has 1 aromatic rings. The molecule has 0 aliphatic heterocycles. The number of hydrogen-bond donors (Lipinski definition) is 1. The summed E-state index contributed by atoms with van der Waals surface area (Å²) >= 11 is 2.18. The molecule has 0 radical (unpaired) electrons. The zero-order chi connectivity index (χ0) is 10.6. The van der Waals surface area contributed by atoms with E-state index in [1.165, 1.54) is 6.08 Å². The number of carbonyl (C=O) groups excluding carboxylic acids is 1. The van der Waals surface area contributed by atoms with E-state index in [-0.39, 0.29) is 5.57 Å². The van der Waals surface area contributed by atoms with Gasteiger partial charge in [0.1, 0.15) is 11.6 Å². The number of hydrogen-bond acceptors (Lipinski definition) is 2. The highest BCUT2D eigenvalue weighted by Gasteiger charge is 2.02. The van der Waals surface area contributed by atoms with Crippen LogP contribution in [0.2, 0.25) is 0 Å². The lowest BCUT2D eigenvalue weighted by atomic mass is 10.1. The fourth-order valence-corrected chi connectivity index (χ4v) is 1.24. The number of nitrogens with zero attached hydrogens (tertiary/aromatic N) is 1. The van der Waals surface area contributed by atoms with Crippen LogP contribution in [0.5, 0.6) is 0 Å². The van der Waals surface area contributed by atoms with E-state index in [2.05, 4.69) is 22.6 Å². The lowest BCUT2D eigenvalue weighted by Gasteiger charge is -1.94. The number of benzene rings is 1. The zero-order valence-electron chi connectivity index (χ0n) is 7.20. The van der Waals surface area contributed by atoms with E-state index in [0.717, 1.165) is 9.13 Å². The average Bonchev–Trinajstić information content (AvgIpc) is 2.16. The largest absolute Gasteiger partial charge is 0.365 e. The molecule has 4 heteroatoms. The summed E-state index contributed by atoms with van der Waals surface area (Å²) in [5.41, 5.74) is 5.75. The van der Waals surface area contributed by atoms with Crippen LogP contribution in [0.4, 0.5) is 0 Å². The average molecular weight is 298 g/mol. The lowest BCUT2D eigenvalue weighted by molar-refractivity contribution is -0.114. The van der Waals surface area contributed by atoms with Gasteiger partial charge in [0.2, 0.25) is 0 Å². The molecule has 0 spiro atoms. The first-order valence-electron chi connectivity index (χ1n) is 3.80. The van der Waals surface area contributed by atoms with E-state index in [1.807, 2.05) is 24.3 Å². The maximum atomic E-state index is 10.7. The van der Waals surface area contributed by atoms with Crippen molar-refractivity contribution in [2.24, 2.45) is 5.73 Å². The second kappa shape index (κ2) is 4.77. The maximum Gasteiger partial charge on any atom is 0.259 e. The van der Waals surface area contributed by atoms with Crippen molar-refractivity contribution in [2.45, 2.75) is 0 Å². The molecule has 0 saturated carbocycles. The van der Waals surface area contributed by atoms with Gasteiger partial charge in [0, 0.05) is 3.57 Å². The normalized spacial score (nSPS) is 10.7. The van der Waals surface area contributed by atoms with E-state index in [4.69, 9.17) is 11.0 Å². The summed E-state index contributed by atoms with van der Waals surface area (Å²) in [5.74, 6) is -0.703. The van der Waals surface area contributed by atoms with Gasteiger partial charge in [0.05, 0.1) is 0 Å². The van der Waals surface area contributed by atoms with Crippen molar-refractivity contribution in [1.82, 2.24) is 0 Å². The summed E-state index contributed by atoms with van der Waals surface area (Å²) < 4.78 is 1.09. The monoisotopic (exact) mass is 298 g/mol. The molecular formula is C10H7IN2O. The van der Waals surface area contributed by atoms with Crippen LogP contribution < -0.4 is 5.73 Å². The van der Waals surface area contributed by atoms with Crippen LogP contribution in [0.25, 0.3) is 6.08 Å². The van der Waals surface area contributed by atoms with E-state index in [9.17, 15) is 4.79 Å². The SMILES string of the molecule is N#C/C(=C/c1ccc(I)cc1)C(N)=O. The Morgan fingerprint density at radius 3 is 2.43 bits per heavy atom. The number of halogens is 1. The van der Waals surface area contributed by atoms with Crippen molar-refractivity contribution < 1.29 is 4.79 Å². The van der Waals surface area contributed by atoms with E-state index < -0.39 is 5.91 Å². The predicted molar refractivity (Wildman–Crippen MR) is 61.9 cm³/mol. The van der Waals surface area contributed by atoms with Gasteiger partial charge in [-0.3, -0.25) is 4.79 Å². The molecular weight excluding hydrogens is 291 g/mol. The number of amides is 1. The van der Waals surface area contributed by atoms with Crippen LogP contribution in [0.3, 0.4) is 0 Å². The second-order valence-electron chi connectivity index (χ2n) is 2.59.